The number of aryl methyl sites for hydroxylation is 1. The molecule has 0 atom stereocenters. The van der Waals surface area contributed by atoms with Crippen LogP contribution in [0.1, 0.15) is 52.0 Å². The molecule has 96 valence electrons. The summed E-state index contributed by atoms with van der Waals surface area (Å²) in [5.41, 5.74) is 0.694. The lowest BCUT2D eigenvalue weighted by atomic mass is 9.67. The molecule has 0 saturated heterocycles. The minimum atomic E-state index is -0.643. The molecule has 3 heteroatoms. The van der Waals surface area contributed by atoms with Crippen molar-refractivity contribution in [1.82, 2.24) is 9.78 Å². The van der Waals surface area contributed by atoms with Gasteiger partial charge in [-0.3, -0.25) is 4.68 Å². The van der Waals surface area contributed by atoms with Gasteiger partial charge in [0.2, 0.25) is 0 Å². The fraction of sp³-hybridized carbons (Fsp3) is 0.786. The minimum Gasteiger partial charge on any atom is -0.385 e. The molecule has 1 aromatic rings. The van der Waals surface area contributed by atoms with Gasteiger partial charge < -0.3 is 5.11 Å². The molecule has 0 unspecified atom stereocenters. The molecule has 0 bridgehead atoms. The Morgan fingerprint density at radius 3 is 2.35 bits per heavy atom. The van der Waals surface area contributed by atoms with Crippen molar-refractivity contribution in [2.75, 3.05) is 0 Å². The van der Waals surface area contributed by atoms with Crippen LogP contribution in [0.2, 0.25) is 0 Å². The number of hydrogen-bond donors (Lipinski definition) is 1. The summed E-state index contributed by atoms with van der Waals surface area (Å²) in [5, 5.41) is 14.8. The second-order valence-electron chi connectivity index (χ2n) is 6.57. The van der Waals surface area contributed by atoms with E-state index in [9.17, 15) is 5.11 Å². The number of aliphatic hydroxyl groups is 1. The number of aromatic nitrogens is 2. The van der Waals surface area contributed by atoms with E-state index in [1.165, 1.54) is 0 Å². The van der Waals surface area contributed by atoms with Gasteiger partial charge in [-0.25, -0.2) is 0 Å². The van der Waals surface area contributed by atoms with Crippen molar-refractivity contribution in [1.29, 1.82) is 0 Å². The first-order chi connectivity index (χ1) is 7.81. The van der Waals surface area contributed by atoms with Crippen molar-refractivity contribution in [2.24, 2.45) is 18.4 Å². The lowest BCUT2D eigenvalue weighted by Crippen LogP contribution is -2.35. The van der Waals surface area contributed by atoms with Gasteiger partial charge in [0.1, 0.15) is 0 Å². The largest absolute Gasteiger partial charge is 0.385 e. The van der Waals surface area contributed by atoms with Crippen LogP contribution in [0.5, 0.6) is 0 Å². The van der Waals surface area contributed by atoms with Gasteiger partial charge in [-0.1, -0.05) is 20.8 Å². The van der Waals surface area contributed by atoms with Gasteiger partial charge in [0, 0.05) is 18.8 Å². The second kappa shape index (κ2) is 4.13. The van der Waals surface area contributed by atoms with E-state index in [0.717, 1.165) is 37.2 Å². The second-order valence-corrected chi connectivity index (χ2v) is 6.57. The molecule has 1 fully saturated rings. The highest BCUT2D eigenvalue weighted by molar-refractivity contribution is 5.16. The fourth-order valence-corrected chi connectivity index (χ4v) is 2.91. The first kappa shape index (κ1) is 12.6. The average molecular weight is 236 g/mol. The Morgan fingerprint density at radius 1 is 1.35 bits per heavy atom. The van der Waals surface area contributed by atoms with E-state index in [0.29, 0.717) is 5.41 Å². The Bertz CT molecular complexity index is 381. The molecule has 2 rings (SSSR count). The quantitative estimate of drug-likeness (QED) is 0.814. The summed E-state index contributed by atoms with van der Waals surface area (Å²) in [5.74, 6) is 0.722. The molecule has 0 aromatic carbocycles. The third kappa shape index (κ3) is 2.54. The molecule has 1 heterocycles. The lowest BCUT2D eigenvalue weighted by Gasteiger charge is -2.41. The molecule has 1 aromatic heterocycles. The highest BCUT2D eigenvalue weighted by Crippen LogP contribution is 2.45. The van der Waals surface area contributed by atoms with Crippen LogP contribution < -0.4 is 0 Å². The van der Waals surface area contributed by atoms with Crippen LogP contribution in [-0.2, 0) is 12.6 Å². The SMILES string of the molecule is Cn1cc(C2(O)CCC(C(C)(C)C)CC2)cn1. The predicted molar refractivity (Wildman–Crippen MR) is 68.5 cm³/mol. The van der Waals surface area contributed by atoms with Crippen molar-refractivity contribution >= 4 is 0 Å². The van der Waals surface area contributed by atoms with Crippen LogP contribution in [0.3, 0.4) is 0 Å². The standard InChI is InChI=1S/C14H24N2O/c1-13(2,3)11-5-7-14(17,8-6-11)12-9-15-16(4)10-12/h9-11,17H,5-8H2,1-4H3. The van der Waals surface area contributed by atoms with Crippen LogP contribution in [0.4, 0.5) is 0 Å². The third-order valence-corrected chi connectivity index (χ3v) is 4.28. The summed E-state index contributed by atoms with van der Waals surface area (Å²) < 4.78 is 1.77. The van der Waals surface area contributed by atoms with Crippen molar-refractivity contribution in [3.05, 3.63) is 18.0 Å². The Balaban J connectivity index is 2.07. The fourth-order valence-electron chi connectivity index (χ4n) is 2.91. The number of nitrogens with zero attached hydrogens (tertiary/aromatic N) is 2. The summed E-state index contributed by atoms with van der Waals surface area (Å²) in [7, 11) is 1.90. The summed E-state index contributed by atoms with van der Waals surface area (Å²) in [4.78, 5) is 0. The predicted octanol–water partition coefficient (Wildman–Crippen LogP) is 2.84. The van der Waals surface area contributed by atoms with E-state index >= 15 is 0 Å². The molecule has 3 nitrogen and oxygen atoms in total. The Labute approximate surface area is 104 Å². The van der Waals surface area contributed by atoms with Gasteiger partial charge in [0.25, 0.3) is 0 Å². The van der Waals surface area contributed by atoms with E-state index in [4.69, 9.17) is 0 Å². The zero-order valence-electron chi connectivity index (χ0n) is 11.4. The molecule has 1 N–H and O–H groups in total. The van der Waals surface area contributed by atoms with Gasteiger partial charge >= 0.3 is 0 Å². The van der Waals surface area contributed by atoms with Crippen molar-refractivity contribution < 1.29 is 5.11 Å². The van der Waals surface area contributed by atoms with Crippen LogP contribution in [-0.4, -0.2) is 14.9 Å². The summed E-state index contributed by atoms with van der Waals surface area (Å²) in [6.07, 6.45) is 7.68. The minimum absolute atomic E-state index is 0.357. The summed E-state index contributed by atoms with van der Waals surface area (Å²) in [6.45, 7) is 6.89. The molecule has 0 amide bonds. The van der Waals surface area contributed by atoms with E-state index in [-0.39, 0.29) is 0 Å². The Hall–Kier alpha value is -0.830. The maximum absolute atomic E-state index is 10.7. The van der Waals surface area contributed by atoms with Crippen molar-refractivity contribution in [2.45, 2.75) is 52.1 Å². The van der Waals surface area contributed by atoms with Gasteiger partial charge in [0.15, 0.2) is 0 Å². The topological polar surface area (TPSA) is 38.0 Å². The molecule has 1 aliphatic carbocycles. The van der Waals surface area contributed by atoms with Crippen LogP contribution >= 0.6 is 0 Å². The molecule has 17 heavy (non-hydrogen) atoms. The molecule has 0 aliphatic heterocycles. The van der Waals surface area contributed by atoms with Crippen molar-refractivity contribution in [3.8, 4) is 0 Å². The Kier molecular flexibility index (Phi) is 3.06. The van der Waals surface area contributed by atoms with E-state index in [1.54, 1.807) is 10.9 Å². The number of rotatable bonds is 1. The maximum Gasteiger partial charge on any atom is 0.0927 e. The zero-order valence-corrected chi connectivity index (χ0v) is 11.4. The van der Waals surface area contributed by atoms with E-state index in [1.807, 2.05) is 13.2 Å². The summed E-state index contributed by atoms with van der Waals surface area (Å²) in [6, 6.07) is 0. The molecular weight excluding hydrogens is 212 g/mol. The monoisotopic (exact) mass is 236 g/mol. The third-order valence-electron chi connectivity index (χ3n) is 4.28. The lowest BCUT2D eigenvalue weighted by molar-refractivity contribution is -0.0298. The van der Waals surface area contributed by atoms with E-state index in [2.05, 4.69) is 25.9 Å². The van der Waals surface area contributed by atoms with Gasteiger partial charge in [-0.05, 0) is 37.0 Å². The smallest absolute Gasteiger partial charge is 0.0927 e. The van der Waals surface area contributed by atoms with Crippen molar-refractivity contribution in [3.63, 3.8) is 0 Å². The molecular formula is C14H24N2O. The van der Waals surface area contributed by atoms with Crippen LogP contribution in [0, 0.1) is 11.3 Å². The average Bonchev–Trinajstić information content (AvgIpc) is 2.65. The maximum atomic E-state index is 10.7. The highest BCUT2D eigenvalue weighted by Gasteiger charge is 2.38. The summed E-state index contributed by atoms with van der Waals surface area (Å²) >= 11 is 0. The van der Waals surface area contributed by atoms with Gasteiger partial charge in [-0.2, -0.15) is 5.10 Å². The highest BCUT2D eigenvalue weighted by atomic mass is 16.3. The van der Waals surface area contributed by atoms with Gasteiger partial charge in [0.05, 0.1) is 11.8 Å². The Morgan fingerprint density at radius 2 is 1.94 bits per heavy atom. The molecule has 1 saturated carbocycles. The zero-order chi connectivity index (χ0) is 12.7. The number of hydrogen-bond acceptors (Lipinski definition) is 2. The molecule has 0 spiro atoms. The van der Waals surface area contributed by atoms with Gasteiger partial charge in [-0.15, -0.1) is 0 Å². The van der Waals surface area contributed by atoms with E-state index < -0.39 is 5.60 Å². The first-order valence-corrected chi connectivity index (χ1v) is 6.53. The van der Waals surface area contributed by atoms with Crippen LogP contribution in [0.15, 0.2) is 12.4 Å². The normalized spacial score (nSPS) is 30.5. The van der Waals surface area contributed by atoms with Crippen LogP contribution in [0.25, 0.3) is 0 Å². The first-order valence-electron chi connectivity index (χ1n) is 6.53. The molecule has 0 radical (unpaired) electrons. The molecule has 1 aliphatic rings.